The van der Waals surface area contributed by atoms with Crippen molar-refractivity contribution in [2.45, 2.75) is 184 Å². The Kier molecular flexibility index (Phi) is 19.4. The van der Waals surface area contributed by atoms with Gasteiger partial charge in [-0.15, -0.1) is 0 Å². The molecule has 6 aliphatic heterocycles. The molecule has 0 aliphatic carbocycles. The molecular weight excluding hydrogens is 928 g/mol. The molecule has 67 heavy (non-hydrogen) atoms. The van der Waals surface area contributed by atoms with Crippen molar-refractivity contribution in [1.82, 2.24) is 0 Å². The summed E-state index contributed by atoms with van der Waals surface area (Å²) >= 11 is 0. The van der Waals surface area contributed by atoms with Crippen LogP contribution in [0, 0.1) is 0 Å². The van der Waals surface area contributed by atoms with Crippen LogP contribution in [-0.4, -0.2) is 326 Å². The fourth-order valence-electron chi connectivity index (χ4n) is 8.31. The van der Waals surface area contributed by atoms with Crippen molar-refractivity contribution in [3.05, 3.63) is 0 Å². The molecule has 0 bridgehead atoms. The zero-order valence-electron chi connectivity index (χ0n) is 35.0. The molecule has 30 atom stereocenters. The van der Waals surface area contributed by atoms with E-state index in [0.717, 1.165) is 0 Å². The van der Waals surface area contributed by atoms with Crippen LogP contribution in [0.3, 0.4) is 0 Å². The Bertz CT molecular complexity index is 1500. The summed E-state index contributed by atoms with van der Waals surface area (Å²) in [6, 6.07) is 0. The highest BCUT2D eigenvalue weighted by Crippen LogP contribution is 2.35. The number of ether oxygens (including phenoxy) is 11. The maximum absolute atomic E-state index is 11.2. The van der Waals surface area contributed by atoms with Crippen molar-refractivity contribution < 1.29 is 154 Å². The summed E-state index contributed by atoms with van der Waals surface area (Å²) in [6.07, 6.45) is -55.7. The highest BCUT2D eigenvalue weighted by Gasteiger charge is 2.56. The Balaban J connectivity index is 1.05. The first-order valence-electron chi connectivity index (χ1n) is 21.1. The Hall–Kier alpha value is -1.24. The molecule has 31 heteroatoms. The van der Waals surface area contributed by atoms with Crippen molar-refractivity contribution in [2.24, 2.45) is 0 Å². The summed E-state index contributed by atoms with van der Waals surface area (Å²) in [5.74, 6) is 0. The molecule has 0 aromatic carbocycles. The highest BCUT2D eigenvalue weighted by molar-refractivity contribution is 4.98. The largest absolute Gasteiger partial charge is 0.394 e. The van der Waals surface area contributed by atoms with Gasteiger partial charge in [-0.3, -0.25) is 0 Å². The minimum absolute atomic E-state index is 0.748. The second kappa shape index (κ2) is 23.5. The van der Waals surface area contributed by atoms with Crippen molar-refractivity contribution >= 4 is 0 Å². The van der Waals surface area contributed by atoms with Crippen LogP contribution in [-0.2, 0) is 52.1 Å². The third kappa shape index (κ3) is 11.5. The van der Waals surface area contributed by atoms with Crippen LogP contribution in [0.5, 0.6) is 0 Å². The lowest BCUT2D eigenvalue weighted by molar-refractivity contribution is -0.384. The second-order valence-corrected chi connectivity index (χ2v) is 16.8. The van der Waals surface area contributed by atoms with E-state index in [0.29, 0.717) is 0 Å². The van der Waals surface area contributed by atoms with Gasteiger partial charge in [0.1, 0.15) is 146 Å². The number of aliphatic hydroxyl groups excluding tert-OH is 20. The molecule has 0 spiro atoms. The summed E-state index contributed by atoms with van der Waals surface area (Å²) in [5, 5.41) is 208. The minimum Gasteiger partial charge on any atom is -0.394 e. The Morgan fingerprint density at radius 1 is 0.254 bits per heavy atom. The van der Waals surface area contributed by atoms with Crippen molar-refractivity contribution in [1.29, 1.82) is 0 Å². The van der Waals surface area contributed by atoms with E-state index in [9.17, 15) is 102 Å². The monoisotopic (exact) mass is 990 g/mol. The fraction of sp³-hybridized carbons (Fsp3) is 1.00. The first-order valence-corrected chi connectivity index (χ1v) is 21.1. The van der Waals surface area contributed by atoms with Crippen LogP contribution in [0.25, 0.3) is 0 Å². The van der Waals surface area contributed by atoms with E-state index >= 15 is 0 Å². The molecule has 20 N–H and O–H groups in total. The van der Waals surface area contributed by atoms with E-state index < -0.39 is 224 Å². The number of aliphatic hydroxyl groups is 20. The maximum atomic E-state index is 11.2. The molecule has 0 aromatic rings. The average molecular weight is 991 g/mol. The minimum atomic E-state index is -2.16. The van der Waals surface area contributed by atoms with E-state index in [2.05, 4.69) is 0 Å². The van der Waals surface area contributed by atoms with E-state index in [1.807, 2.05) is 0 Å². The van der Waals surface area contributed by atoms with Gasteiger partial charge >= 0.3 is 0 Å². The molecular formula is C36H62O31. The van der Waals surface area contributed by atoms with Gasteiger partial charge in [-0.25, -0.2) is 0 Å². The quantitative estimate of drug-likeness (QED) is 0.0683. The van der Waals surface area contributed by atoms with Crippen LogP contribution in [0.4, 0.5) is 0 Å². The van der Waals surface area contributed by atoms with Crippen molar-refractivity contribution in [3.8, 4) is 0 Å². The van der Waals surface area contributed by atoms with Crippen LogP contribution >= 0.6 is 0 Å². The summed E-state index contributed by atoms with van der Waals surface area (Å²) < 4.78 is 60.2. The number of hydrogen-bond acceptors (Lipinski definition) is 31. The molecule has 6 heterocycles. The van der Waals surface area contributed by atoms with Gasteiger partial charge in [-0.05, 0) is 0 Å². The number of rotatable bonds is 16. The molecule has 0 amide bonds. The molecule has 6 fully saturated rings. The summed E-state index contributed by atoms with van der Waals surface area (Å²) in [7, 11) is 0. The highest BCUT2D eigenvalue weighted by atomic mass is 16.8. The van der Waals surface area contributed by atoms with Gasteiger partial charge in [-0.1, -0.05) is 0 Å². The third-order valence-electron chi connectivity index (χ3n) is 12.4. The smallest absolute Gasteiger partial charge is 0.187 e. The van der Waals surface area contributed by atoms with E-state index in [-0.39, 0.29) is 0 Å². The summed E-state index contributed by atoms with van der Waals surface area (Å²) in [4.78, 5) is 0. The maximum Gasteiger partial charge on any atom is 0.187 e. The van der Waals surface area contributed by atoms with E-state index in [1.54, 1.807) is 0 Å². The molecule has 6 rings (SSSR count). The van der Waals surface area contributed by atoms with Crippen LogP contribution < -0.4 is 0 Å². The summed E-state index contributed by atoms with van der Waals surface area (Å²) in [5.41, 5.74) is 0. The zero-order chi connectivity index (χ0) is 49.3. The van der Waals surface area contributed by atoms with Gasteiger partial charge in [0.25, 0.3) is 0 Å². The van der Waals surface area contributed by atoms with Crippen LogP contribution in [0.1, 0.15) is 0 Å². The standard InChI is InChI=1S/C36H62O31/c37-1-7-13(41)16(44)23(51)32(60-7)57-5-11-14(42)18(46)25(53)35(64-11)66-30-10(4-40)62-36(27(55)21(30)49)67-29-9(3-39)61-33(26(54)20(29)48)58-6-12-15(43)17(45)24(52)34(63-12)65-28-8(2-38)59-31(56)22(50)19(28)47/h7-56H,1-6H2/t7-,8-,9-,10-,11-,12-,13-,14-,15-,16+,17+,18+,19-,20-,21-,22-,23-,24-,25-,26-,27-,28-,29-,30-,31?,32+,33+,34-,35-,36-/m1/s1. The average Bonchev–Trinajstić information content (AvgIpc) is 3.32. The lowest BCUT2D eigenvalue weighted by atomic mass is 9.96. The Morgan fingerprint density at radius 2 is 0.522 bits per heavy atom. The first-order chi connectivity index (χ1) is 31.7. The van der Waals surface area contributed by atoms with Gasteiger partial charge in [-0.2, -0.15) is 0 Å². The topological polar surface area (TPSA) is 506 Å². The van der Waals surface area contributed by atoms with E-state index in [1.165, 1.54) is 0 Å². The Labute approximate surface area is 378 Å². The van der Waals surface area contributed by atoms with Crippen LogP contribution in [0.15, 0.2) is 0 Å². The van der Waals surface area contributed by atoms with Gasteiger partial charge in [0.05, 0.1) is 39.6 Å². The normalized spacial score (nSPS) is 53.4. The van der Waals surface area contributed by atoms with Crippen LogP contribution in [0.2, 0.25) is 0 Å². The summed E-state index contributed by atoms with van der Waals surface area (Å²) in [6.45, 7) is -5.19. The molecule has 1 unspecified atom stereocenters. The lowest BCUT2D eigenvalue weighted by Crippen LogP contribution is -2.67. The van der Waals surface area contributed by atoms with Gasteiger partial charge in [0.15, 0.2) is 37.7 Å². The van der Waals surface area contributed by atoms with Gasteiger partial charge < -0.3 is 154 Å². The molecule has 6 saturated heterocycles. The SMILES string of the molecule is OC[C@H]1O[C@H](OC[C@H]2O[C@H](O[C@H]3[C@H](O)[C@@H](O)[C@@H](O[C@H]4[C@H](O)[C@@H](O)[C@@H](OC[C@H]5O[C@H](O[C@H]6[C@H](O)[C@@H](O)C(O)O[C@@H]6CO)[C@H](O)[C@@H](O)[C@@H]5O)O[C@@H]4CO)O[C@@H]3CO)[C@H](O)[C@@H](O)[C@@H]2O)[C@H](O)[C@@H](O)[C@@H]1O. The first kappa shape index (κ1) is 55.1. The molecule has 6 aliphatic rings. The molecule has 392 valence electrons. The second-order valence-electron chi connectivity index (χ2n) is 16.8. The van der Waals surface area contributed by atoms with E-state index in [4.69, 9.17) is 52.1 Å². The predicted octanol–water partition coefficient (Wildman–Crippen LogP) is -14.1. The molecule has 0 aromatic heterocycles. The lowest BCUT2D eigenvalue weighted by Gasteiger charge is -2.48. The Morgan fingerprint density at radius 3 is 0.910 bits per heavy atom. The third-order valence-corrected chi connectivity index (χ3v) is 12.4. The fourth-order valence-corrected chi connectivity index (χ4v) is 8.31. The molecule has 0 radical (unpaired) electrons. The molecule has 31 nitrogen and oxygen atoms in total. The van der Waals surface area contributed by atoms with Gasteiger partial charge in [0.2, 0.25) is 0 Å². The molecule has 0 saturated carbocycles. The number of hydrogen-bond donors (Lipinski definition) is 20. The zero-order valence-corrected chi connectivity index (χ0v) is 35.0. The van der Waals surface area contributed by atoms with Crippen molar-refractivity contribution in [2.75, 3.05) is 39.6 Å². The van der Waals surface area contributed by atoms with Crippen molar-refractivity contribution in [3.63, 3.8) is 0 Å². The predicted molar refractivity (Wildman–Crippen MR) is 199 cm³/mol. The van der Waals surface area contributed by atoms with Gasteiger partial charge in [0, 0.05) is 0 Å².